The van der Waals surface area contributed by atoms with Gasteiger partial charge in [-0.05, 0) is 12.5 Å². The van der Waals surface area contributed by atoms with Gasteiger partial charge in [-0.25, -0.2) is 0 Å². The van der Waals surface area contributed by atoms with Crippen LogP contribution >= 0.6 is 12.4 Å². The number of halogens is 1. The van der Waals surface area contributed by atoms with Gasteiger partial charge in [0.05, 0.1) is 0 Å². The lowest BCUT2D eigenvalue weighted by molar-refractivity contribution is 0.458. The molecule has 0 aliphatic rings. The molecule has 0 unspecified atom stereocenters. The first-order chi connectivity index (χ1) is 5.75. The molecule has 0 radical (unpaired) electrons. The highest BCUT2D eigenvalue weighted by atomic mass is 35.5. The van der Waals surface area contributed by atoms with Gasteiger partial charge in [-0.3, -0.25) is 0 Å². The van der Waals surface area contributed by atoms with Crippen LogP contribution in [0.25, 0.3) is 0 Å². The minimum Gasteiger partial charge on any atom is -0.508 e. The third-order valence-corrected chi connectivity index (χ3v) is 1.94. The molecule has 1 aromatic rings. The van der Waals surface area contributed by atoms with Gasteiger partial charge in [0.2, 0.25) is 0 Å². The summed E-state index contributed by atoms with van der Waals surface area (Å²) in [5.74, 6) is 0.304. The Kier molecular flexibility index (Phi) is 5.51. The summed E-state index contributed by atoms with van der Waals surface area (Å²) in [5.41, 5.74) is 6.69. The van der Waals surface area contributed by atoms with E-state index < -0.39 is 0 Å². The molecule has 0 saturated heterocycles. The molecule has 0 aliphatic heterocycles. The van der Waals surface area contributed by atoms with Crippen LogP contribution in [0.2, 0.25) is 0 Å². The Morgan fingerprint density at radius 1 is 1.38 bits per heavy atom. The molecule has 0 fully saturated rings. The topological polar surface area (TPSA) is 46.2 Å². The van der Waals surface area contributed by atoms with E-state index in [1.807, 2.05) is 12.1 Å². The highest BCUT2D eigenvalue weighted by Gasteiger charge is 2.07. The van der Waals surface area contributed by atoms with E-state index in [0.29, 0.717) is 5.75 Å². The molecule has 1 aromatic carbocycles. The highest BCUT2D eigenvalue weighted by Crippen LogP contribution is 2.24. The van der Waals surface area contributed by atoms with Gasteiger partial charge in [0, 0.05) is 11.6 Å². The second kappa shape index (κ2) is 5.84. The van der Waals surface area contributed by atoms with Gasteiger partial charge >= 0.3 is 0 Å². The van der Waals surface area contributed by atoms with Crippen LogP contribution in [0, 0.1) is 0 Å². The van der Waals surface area contributed by atoms with Crippen LogP contribution in [0.1, 0.15) is 31.4 Å². The monoisotopic (exact) mass is 201 g/mol. The quantitative estimate of drug-likeness (QED) is 0.790. The van der Waals surface area contributed by atoms with Crippen molar-refractivity contribution in [3.8, 4) is 5.75 Å². The second-order valence-electron chi connectivity index (χ2n) is 2.95. The summed E-state index contributed by atoms with van der Waals surface area (Å²) in [4.78, 5) is 0. The minimum atomic E-state index is -0.0313. The number of hydrogen-bond donors (Lipinski definition) is 2. The lowest BCUT2D eigenvalue weighted by Gasteiger charge is -2.11. The fourth-order valence-electron chi connectivity index (χ4n) is 1.27. The van der Waals surface area contributed by atoms with E-state index in [2.05, 4.69) is 6.92 Å². The third-order valence-electron chi connectivity index (χ3n) is 1.94. The van der Waals surface area contributed by atoms with Crippen LogP contribution in [0.15, 0.2) is 24.3 Å². The van der Waals surface area contributed by atoms with Crippen molar-refractivity contribution >= 4 is 12.4 Å². The Morgan fingerprint density at radius 3 is 2.54 bits per heavy atom. The van der Waals surface area contributed by atoms with E-state index in [-0.39, 0.29) is 18.4 Å². The summed E-state index contributed by atoms with van der Waals surface area (Å²) in [6.07, 6.45) is 1.95. The molecule has 74 valence electrons. The lowest BCUT2D eigenvalue weighted by Crippen LogP contribution is -2.09. The predicted octanol–water partition coefficient (Wildman–Crippen LogP) is 2.61. The van der Waals surface area contributed by atoms with E-state index in [1.165, 1.54) is 0 Å². The number of para-hydroxylation sites is 1. The normalized spacial score (nSPS) is 11.8. The summed E-state index contributed by atoms with van der Waals surface area (Å²) < 4.78 is 0. The van der Waals surface area contributed by atoms with Crippen molar-refractivity contribution in [1.82, 2.24) is 0 Å². The number of nitrogens with two attached hydrogens (primary N) is 1. The Balaban J connectivity index is 0.00000144. The molecule has 0 aliphatic carbocycles. The van der Waals surface area contributed by atoms with Crippen molar-refractivity contribution in [2.45, 2.75) is 25.8 Å². The van der Waals surface area contributed by atoms with Gasteiger partial charge in [-0.1, -0.05) is 31.5 Å². The maximum absolute atomic E-state index is 9.43. The molecule has 1 atom stereocenters. The summed E-state index contributed by atoms with van der Waals surface area (Å²) in [6.45, 7) is 2.08. The van der Waals surface area contributed by atoms with Crippen molar-refractivity contribution in [3.05, 3.63) is 29.8 Å². The number of hydrogen-bond acceptors (Lipinski definition) is 2. The molecule has 0 spiro atoms. The van der Waals surface area contributed by atoms with E-state index in [4.69, 9.17) is 5.73 Å². The number of phenolic OH excluding ortho intramolecular Hbond substituents is 1. The molecule has 0 bridgehead atoms. The van der Waals surface area contributed by atoms with E-state index in [0.717, 1.165) is 18.4 Å². The minimum absolute atomic E-state index is 0. The molecule has 1 rings (SSSR count). The molecule has 0 heterocycles. The van der Waals surface area contributed by atoms with E-state index in [9.17, 15) is 5.11 Å². The van der Waals surface area contributed by atoms with Crippen molar-refractivity contribution in [2.24, 2.45) is 5.73 Å². The number of aromatic hydroxyl groups is 1. The SMILES string of the molecule is CCC[C@@H](N)c1ccccc1O.Cl. The van der Waals surface area contributed by atoms with Crippen LogP contribution in [0.3, 0.4) is 0 Å². The molecule has 2 nitrogen and oxygen atoms in total. The number of phenols is 1. The first kappa shape index (κ1) is 12.3. The van der Waals surface area contributed by atoms with Gasteiger partial charge in [0.15, 0.2) is 0 Å². The highest BCUT2D eigenvalue weighted by molar-refractivity contribution is 5.85. The van der Waals surface area contributed by atoms with Gasteiger partial charge < -0.3 is 10.8 Å². The lowest BCUT2D eigenvalue weighted by atomic mass is 10.0. The van der Waals surface area contributed by atoms with Crippen molar-refractivity contribution in [1.29, 1.82) is 0 Å². The Hall–Kier alpha value is -0.730. The Labute approximate surface area is 85.2 Å². The molecule has 3 N–H and O–H groups in total. The Morgan fingerprint density at radius 2 is 2.00 bits per heavy atom. The average Bonchev–Trinajstić information content (AvgIpc) is 2.05. The largest absolute Gasteiger partial charge is 0.508 e. The average molecular weight is 202 g/mol. The summed E-state index contributed by atoms with van der Waals surface area (Å²) in [5, 5.41) is 9.43. The smallest absolute Gasteiger partial charge is 0.120 e. The fraction of sp³-hybridized carbons (Fsp3) is 0.400. The van der Waals surface area contributed by atoms with Crippen LogP contribution in [-0.2, 0) is 0 Å². The zero-order valence-electron chi connectivity index (χ0n) is 7.73. The zero-order valence-corrected chi connectivity index (χ0v) is 8.55. The summed E-state index contributed by atoms with van der Waals surface area (Å²) >= 11 is 0. The second-order valence-corrected chi connectivity index (χ2v) is 2.95. The summed E-state index contributed by atoms with van der Waals surface area (Å²) in [7, 11) is 0. The molecule has 3 heteroatoms. The van der Waals surface area contributed by atoms with Crippen molar-refractivity contribution in [2.75, 3.05) is 0 Å². The fourth-order valence-corrected chi connectivity index (χ4v) is 1.27. The number of rotatable bonds is 3. The molecule has 0 saturated carbocycles. The molecular weight excluding hydrogens is 186 g/mol. The van der Waals surface area contributed by atoms with Gasteiger partial charge in [-0.2, -0.15) is 0 Å². The molecule has 13 heavy (non-hydrogen) atoms. The summed E-state index contributed by atoms with van der Waals surface area (Å²) in [6, 6.07) is 7.21. The van der Waals surface area contributed by atoms with Gasteiger partial charge in [-0.15, -0.1) is 12.4 Å². The van der Waals surface area contributed by atoms with Crippen LogP contribution in [0.5, 0.6) is 5.75 Å². The first-order valence-corrected chi connectivity index (χ1v) is 4.29. The van der Waals surface area contributed by atoms with Gasteiger partial charge in [0.25, 0.3) is 0 Å². The Bertz CT molecular complexity index is 252. The standard InChI is InChI=1S/C10H15NO.ClH/c1-2-5-9(11)8-6-3-4-7-10(8)12;/h3-4,6-7,9,12H,2,5,11H2,1H3;1H/t9-;/m1./s1. The molecule has 0 aromatic heterocycles. The number of benzene rings is 1. The van der Waals surface area contributed by atoms with Crippen LogP contribution in [-0.4, -0.2) is 5.11 Å². The van der Waals surface area contributed by atoms with Gasteiger partial charge in [0.1, 0.15) is 5.75 Å². The van der Waals surface area contributed by atoms with Crippen molar-refractivity contribution < 1.29 is 5.11 Å². The first-order valence-electron chi connectivity index (χ1n) is 4.29. The maximum atomic E-state index is 9.43. The molecular formula is C10H16ClNO. The third kappa shape index (κ3) is 3.25. The van der Waals surface area contributed by atoms with Crippen LogP contribution in [0.4, 0.5) is 0 Å². The molecule has 0 amide bonds. The predicted molar refractivity (Wildman–Crippen MR) is 57.2 cm³/mol. The van der Waals surface area contributed by atoms with E-state index >= 15 is 0 Å². The van der Waals surface area contributed by atoms with Crippen molar-refractivity contribution in [3.63, 3.8) is 0 Å². The van der Waals surface area contributed by atoms with Crippen LogP contribution < -0.4 is 5.73 Å². The van der Waals surface area contributed by atoms with E-state index in [1.54, 1.807) is 12.1 Å². The maximum Gasteiger partial charge on any atom is 0.120 e. The zero-order chi connectivity index (χ0) is 8.97.